The number of carbonyl (C=O) groups is 1. The second-order valence-electron chi connectivity index (χ2n) is 6.02. The highest BCUT2D eigenvalue weighted by Crippen LogP contribution is 2.33. The van der Waals surface area contributed by atoms with E-state index in [1.807, 2.05) is 0 Å². The van der Waals surface area contributed by atoms with E-state index in [9.17, 15) is 9.90 Å². The van der Waals surface area contributed by atoms with Gasteiger partial charge in [0.15, 0.2) is 6.29 Å². The number of nitrogens with zero attached hydrogens (tertiary/aromatic N) is 1. The van der Waals surface area contributed by atoms with E-state index >= 15 is 0 Å². The molecule has 0 saturated heterocycles. The Morgan fingerprint density at radius 1 is 1.36 bits per heavy atom. The molecule has 2 rings (SSSR count). The number of hydrogen-bond acceptors (Lipinski definition) is 5. The monoisotopic (exact) mass is 305 g/mol. The SMILES string of the molecule is COc1cc(C=O)c(OCC2=C(C(C)(C)O)CCCC2)cn1. The van der Waals surface area contributed by atoms with E-state index in [2.05, 4.69) is 4.98 Å². The predicted octanol–water partition coefficient (Wildman–Crippen LogP) is 2.92. The molecule has 0 spiro atoms. The molecule has 0 amide bonds. The molecule has 1 aromatic heterocycles. The number of pyridine rings is 1. The van der Waals surface area contributed by atoms with Crippen LogP contribution in [0.4, 0.5) is 0 Å². The molecule has 0 aliphatic heterocycles. The molecule has 0 unspecified atom stereocenters. The van der Waals surface area contributed by atoms with Gasteiger partial charge < -0.3 is 14.6 Å². The lowest BCUT2D eigenvalue weighted by atomic mass is 9.83. The van der Waals surface area contributed by atoms with Crippen molar-refractivity contribution in [2.45, 2.75) is 45.1 Å². The third kappa shape index (κ3) is 3.85. The van der Waals surface area contributed by atoms with Crippen molar-refractivity contribution in [1.82, 2.24) is 4.98 Å². The number of rotatable bonds is 6. The van der Waals surface area contributed by atoms with E-state index in [1.165, 1.54) is 13.3 Å². The van der Waals surface area contributed by atoms with Crippen molar-refractivity contribution in [3.63, 3.8) is 0 Å². The average molecular weight is 305 g/mol. The van der Waals surface area contributed by atoms with Gasteiger partial charge in [0, 0.05) is 6.07 Å². The van der Waals surface area contributed by atoms with Gasteiger partial charge in [-0.15, -0.1) is 0 Å². The molecule has 0 aromatic carbocycles. The fourth-order valence-corrected chi connectivity index (χ4v) is 2.79. The fourth-order valence-electron chi connectivity index (χ4n) is 2.79. The molecule has 1 N–H and O–H groups in total. The van der Waals surface area contributed by atoms with Crippen LogP contribution in [0.5, 0.6) is 11.6 Å². The van der Waals surface area contributed by atoms with Gasteiger partial charge in [-0.05, 0) is 50.7 Å². The summed E-state index contributed by atoms with van der Waals surface area (Å²) in [6.45, 7) is 3.98. The number of aromatic nitrogens is 1. The van der Waals surface area contributed by atoms with Gasteiger partial charge in [-0.3, -0.25) is 4.79 Å². The summed E-state index contributed by atoms with van der Waals surface area (Å²) < 4.78 is 10.8. The summed E-state index contributed by atoms with van der Waals surface area (Å²) in [5.74, 6) is 0.812. The first-order valence-electron chi connectivity index (χ1n) is 7.51. The standard InChI is InChI=1S/C17H23NO4/c1-17(2,20)14-7-5-4-6-12(14)11-22-15-9-18-16(21-3)8-13(15)10-19/h8-10,20H,4-7,11H2,1-3H3. The Hall–Kier alpha value is -1.88. The van der Waals surface area contributed by atoms with Crippen LogP contribution in [0.25, 0.3) is 0 Å². The topological polar surface area (TPSA) is 68.7 Å². The zero-order chi connectivity index (χ0) is 16.2. The van der Waals surface area contributed by atoms with Crippen molar-refractivity contribution in [3.05, 3.63) is 29.0 Å². The fraction of sp³-hybridized carbons (Fsp3) is 0.529. The Bertz CT molecular complexity index is 573. The number of carbonyl (C=O) groups excluding carboxylic acids is 1. The molecule has 1 aromatic rings. The Balaban J connectivity index is 2.18. The van der Waals surface area contributed by atoms with Crippen LogP contribution in [-0.2, 0) is 0 Å². The molecule has 0 atom stereocenters. The van der Waals surface area contributed by atoms with Crippen molar-refractivity contribution in [1.29, 1.82) is 0 Å². The summed E-state index contributed by atoms with van der Waals surface area (Å²) in [5.41, 5.74) is 1.75. The molecule has 120 valence electrons. The van der Waals surface area contributed by atoms with Crippen LogP contribution in [0, 0.1) is 0 Å². The van der Waals surface area contributed by atoms with Gasteiger partial charge in [0.2, 0.25) is 5.88 Å². The molecule has 22 heavy (non-hydrogen) atoms. The third-order valence-electron chi connectivity index (χ3n) is 3.93. The molecule has 1 aliphatic rings. The maximum absolute atomic E-state index is 11.2. The van der Waals surface area contributed by atoms with Gasteiger partial charge in [-0.2, -0.15) is 0 Å². The third-order valence-corrected chi connectivity index (χ3v) is 3.93. The molecular formula is C17H23NO4. The maximum Gasteiger partial charge on any atom is 0.213 e. The van der Waals surface area contributed by atoms with E-state index < -0.39 is 5.60 Å². The van der Waals surface area contributed by atoms with Crippen LogP contribution in [0.1, 0.15) is 49.9 Å². The van der Waals surface area contributed by atoms with E-state index in [4.69, 9.17) is 9.47 Å². The molecule has 5 nitrogen and oxygen atoms in total. The Morgan fingerprint density at radius 3 is 2.73 bits per heavy atom. The van der Waals surface area contributed by atoms with Crippen LogP contribution in [0.3, 0.4) is 0 Å². The van der Waals surface area contributed by atoms with Crippen LogP contribution in [-0.4, -0.2) is 35.7 Å². The summed E-state index contributed by atoms with van der Waals surface area (Å²) in [5, 5.41) is 10.3. The van der Waals surface area contributed by atoms with Crippen LogP contribution < -0.4 is 9.47 Å². The molecular weight excluding hydrogens is 282 g/mol. The molecule has 0 radical (unpaired) electrons. The minimum atomic E-state index is -0.829. The highest BCUT2D eigenvalue weighted by molar-refractivity contribution is 5.79. The van der Waals surface area contributed by atoms with Crippen molar-refractivity contribution in [2.75, 3.05) is 13.7 Å². The van der Waals surface area contributed by atoms with Crippen LogP contribution >= 0.6 is 0 Å². The first-order valence-corrected chi connectivity index (χ1v) is 7.51. The van der Waals surface area contributed by atoms with Gasteiger partial charge in [0.1, 0.15) is 12.4 Å². The lowest BCUT2D eigenvalue weighted by Crippen LogP contribution is -2.27. The lowest BCUT2D eigenvalue weighted by Gasteiger charge is -2.29. The summed E-state index contributed by atoms with van der Waals surface area (Å²) in [7, 11) is 1.50. The maximum atomic E-state index is 11.2. The van der Waals surface area contributed by atoms with Crippen LogP contribution in [0.15, 0.2) is 23.4 Å². The Kier molecular flexibility index (Phi) is 5.19. The van der Waals surface area contributed by atoms with E-state index in [-0.39, 0.29) is 0 Å². The molecule has 0 fully saturated rings. The minimum absolute atomic E-state index is 0.369. The molecule has 1 heterocycles. The first kappa shape index (κ1) is 16.5. The number of ether oxygens (including phenoxy) is 2. The second kappa shape index (κ2) is 6.92. The molecule has 0 bridgehead atoms. The van der Waals surface area contributed by atoms with Gasteiger partial charge in [0.05, 0.1) is 24.5 Å². The van der Waals surface area contributed by atoms with E-state index in [0.29, 0.717) is 23.8 Å². The predicted molar refractivity (Wildman–Crippen MR) is 83.5 cm³/mol. The summed E-state index contributed by atoms with van der Waals surface area (Å²) >= 11 is 0. The van der Waals surface area contributed by atoms with E-state index in [1.54, 1.807) is 19.9 Å². The quantitative estimate of drug-likeness (QED) is 0.646. The highest BCUT2D eigenvalue weighted by Gasteiger charge is 2.25. The van der Waals surface area contributed by atoms with Crippen molar-refractivity contribution >= 4 is 6.29 Å². The van der Waals surface area contributed by atoms with Crippen molar-refractivity contribution in [2.24, 2.45) is 0 Å². The zero-order valence-electron chi connectivity index (χ0n) is 13.4. The van der Waals surface area contributed by atoms with Gasteiger partial charge in [0.25, 0.3) is 0 Å². The Labute approximate surface area is 131 Å². The number of aldehydes is 1. The Morgan fingerprint density at radius 2 is 2.09 bits per heavy atom. The van der Waals surface area contributed by atoms with Crippen LogP contribution in [0.2, 0.25) is 0 Å². The first-order chi connectivity index (χ1) is 10.5. The summed E-state index contributed by atoms with van der Waals surface area (Å²) in [6, 6.07) is 1.55. The zero-order valence-corrected chi connectivity index (χ0v) is 13.4. The average Bonchev–Trinajstić information content (AvgIpc) is 2.52. The largest absolute Gasteiger partial charge is 0.487 e. The molecule has 5 heteroatoms. The summed E-state index contributed by atoms with van der Waals surface area (Å²) in [6.07, 6.45) is 6.22. The normalized spacial score (nSPS) is 15.6. The summed E-state index contributed by atoms with van der Waals surface area (Å²) in [4.78, 5) is 15.2. The smallest absolute Gasteiger partial charge is 0.213 e. The van der Waals surface area contributed by atoms with Gasteiger partial charge >= 0.3 is 0 Å². The van der Waals surface area contributed by atoms with Gasteiger partial charge in [-0.1, -0.05) is 0 Å². The lowest BCUT2D eigenvalue weighted by molar-refractivity contribution is 0.109. The van der Waals surface area contributed by atoms with Gasteiger partial charge in [-0.25, -0.2) is 4.98 Å². The number of aliphatic hydroxyl groups is 1. The molecule has 1 aliphatic carbocycles. The second-order valence-corrected chi connectivity index (χ2v) is 6.02. The minimum Gasteiger partial charge on any atom is -0.487 e. The molecule has 0 saturated carbocycles. The van der Waals surface area contributed by atoms with Crippen molar-refractivity contribution in [3.8, 4) is 11.6 Å². The van der Waals surface area contributed by atoms with Crippen molar-refractivity contribution < 1.29 is 19.4 Å². The number of methoxy groups -OCH3 is 1. The highest BCUT2D eigenvalue weighted by atomic mass is 16.5. The number of hydrogen-bond donors (Lipinski definition) is 1. The van der Waals surface area contributed by atoms with E-state index in [0.717, 1.165) is 43.1 Å².